The zero-order chi connectivity index (χ0) is 20.9. The van der Waals surface area contributed by atoms with E-state index in [9.17, 15) is 4.79 Å². The quantitative estimate of drug-likeness (QED) is 0.487. The highest BCUT2D eigenvalue weighted by Crippen LogP contribution is 2.30. The van der Waals surface area contributed by atoms with E-state index in [-0.39, 0.29) is 11.8 Å². The highest BCUT2D eigenvalue weighted by Gasteiger charge is 2.34. The van der Waals surface area contributed by atoms with Crippen LogP contribution in [0.5, 0.6) is 5.75 Å². The first-order chi connectivity index (χ1) is 14.7. The third-order valence-corrected chi connectivity index (χ3v) is 5.87. The SMILES string of the molecule is CCCOc1ccc(-c2noc(C3CC(=O)N(Cc4ccc(SC)cc4)C3)n2)cc1. The van der Waals surface area contributed by atoms with Crippen molar-refractivity contribution in [2.24, 2.45) is 0 Å². The molecule has 1 saturated heterocycles. The summed E-state index contributed by atoms with van der Waals surface area (Å²) in [6.45, 7) is 3.96. The van der Waals surface area contributed by atoms with Crippen LogP contribution in [0.3, 0.4) is 0 Å². The number of amides is 1. The highest BCUT2D eigenvalue weighted by molar-refractivity contribution is 7.98. The Morgan fingerprint density at radius 1 is 1.17 bits per heavy atom. The molecule has 0 N–H and O–H groups in total. The van der Waals surface area contributed by atoms with Crippen LogP contribution < -0.4 is 4.74 Å². The van der Waals surface area contributed by atoms with Gasteiger partial charge in [0.05, 0.1) is 12.5 Å². The fraction of sp³-hybridized carbons (Fsp3) is 0.348. The molecule has 1 aliphatic rings. The van der Waals surface area contributed by atoms with Crippen LogP contribution in [-0.4, -0.2) is 40.4 Å². The Kier molecular flexibility index (Phi) is 6.38. The Labute approximate surface area is 180 Å². The molecule has 6 nitrogen and oxygen atoms in total. The normalized spacial score (nSPS) is 16.3. The Morgan fingerprint density at radius 3 is 2.63 bits per heavy atom. The molecule has 0 saturated carbocycles. The summed E-state index contributed by atoms with van der Waals surface area (Å²) in [5, 5.41) is 4.12. The molecule has 1 amide bonds. The average Bonchev–Trinajstić information content (AvgIpc) is 3.40. The van der Waals surface area contributed by atoms with Gasteiger partial charge in [0.2, 0.25) is 17.6 Å². The lowest BCUT2D eigenvalue weighted by Gasteiger charge is -2.16. The van der Waals surface area contributed by atoms with E-state index in [4.69, 9.17) is 9.26 Å². The van der Waals surface area contributed by atoms with Gasteiger partial charge in [0.1, 0.15) is 5.75 Å². The zero-order valence-corrected chi connectivity index (χ0v) is 18.0. The van der Waals surface area contributed by atoms with E-state index in [2.05, 4.69) is 47.6 Å². The number of likely N-dealkylation sites (tertiary alicyclic amines) is 1. The molecule has 30 heavy (non-hydrogen) atoms. The number of ether oxygens (including phenoxy) is 1. The van der Waals surface area contributed by atoms with Crippen LogP contribution in [-0.2, 0) is 11.3 Å². The van der Waals surface area contributed by atoms with Gasteiger partial charge in [-0.25, -0.2) is 0 Å². The van der Waals surface area contributed by atoms with Gasteiger partial charge >= 0.3 is 0 Å². The largest absolute Gasteiger partial charge is 0.494 e. The summed E-state index contributed by atoms with van der Waals surface area (Å²) in [7, 11) is 0. The highest BCUT2D eigenvalue weighted by atomic mass is 32.2. The van der Waals surface area contributed by atoms with E-state index in [0.717, 1.165) is 23.3 Å². The molecular weight excluding hydrogens is 398 g/mol. The number of carbonyl (C=O) groups is 1. The second kappa shape index (κ2) is 9.34. The van der Waals surface area contributed by atoms with Gasteiger partial charge in [-0.2, -0.15) is 4.98 Å². The number of aromatic nitrogens is 2. The number of nitrogens with zero attached hydrogens (tertiary/aromatic N) is 3. The van der Waals surface area contributed by atoms with E-state index < -0.39 is 0 Å². The molecule has 156 valence electrons. The van der Waals surface area contributed by atoms with Gasteiger partial charge in [-0.15, -0.1) is 11.8 Å². The van der Waals surface area contributed by atoms with Crippen molar-refractivity contribution in [3.8, 4) is 17.1 Å². The predicted molar refractivity (Wildman–Crippen MR) is 117 cm³/mol. The average molecular weight is 424 g/mol. The number of hydrogen-bond donors (Lipinski definition) is 0. The molecule has 0 bridgehead atoms. The lowest BCUT2D eigenvalue weighted by molar-refractivity contribution is -0.128. The molecule has 7 heteroatoms. The van der Waals surface area contributed by atoms with Crippen molar-refractivity contribution in [2.75, 3.05) is 19.4 Å². The maximum absolute atomic E-state index is 12.5. The van der Waals surface area contributed by atoms with Gasteiger partial charge in [-0.05, 0) is 54.6 Å². The predicted octanol–water partition coefficient (Wildman–Crippen LogP) is 4.76. The van der Waals surface area contributed by atoms with Crippen molar-refractivity contribution in [1.29, 1.82) is 0 Å². The number of thioether (sulfide) groups is 1. The van der Waals surface area contributed by atoms with Crippen molar-refractivity contribution >= 4 is 17.7 Å². The van der Waals surface area contributed by atoms with Crippen LogP contribution >= 0.6 is 11.8 Å². The van der Waals surface area contributed by atoms with E-state index in [1.165, 1.54) is 4.90 Å². The zero-order valence-electron chi connectivity index (χ0n) is 17.2. The first-order valence-electron chi connectivity index (χ1n) is 10.1. The summed E-state index contributed by atoms with van der Waals surface area (Å²) in [6.07, 6.45) is 3.42. The molecule has 0 radical (unpaired) electrons. The molecule has 1 unspecified atom stereocenters. The monoisotopic (exact) mass is 423 g/mol. The summed E-state index contributed by atoms with van der Waals surface area (Å²) < 4.78 is 11.1. The molecule has 1 aliphatic heterocycles. The minimum absolute atomic E-state index is 0.0728. The van der Waals surface area contributed by atoms with Gasteiger partial charge < -0.3 is 14.2 Å². The lowest BCUT2D eigenvalue weighted by atomic mass is 10.1. The second-order valence-corrected chi connectivity index (χ2v) is 8.23. The van der Waals surface area contributed by atoms with Gasteiger partial charge in [0, 0.05) is 30.0 Å². The lowest BCUT2D eigenvalue weighted by Crippen LogP contribution is -2.24. The molecule has 2 aromatic carbocycles. The Bertz CT molecular complexity index is 986. The van der Waals surface area contributed by atoms with Gasteiger partial charge in [-0.3, -0.25) is 4.79 Å². The molecule has 0 spiro atoms. The fourth-order valence-corrected chi connectivity index (χ4v) is 3.89. The molecular formula is C23H25N3O3S. The first-order valence-corrected chi connectivity index (χ1v) is 11.4. The van der Waals surface area contributed by atoms with E-state index in [1.807, 2.05) is 29.2 Å². The van der Waals surface area contributed by atoms with Crippen LogP contribution in [0, 0.1) is 0 Å². The third-order valence-electron chi connectivity index (χ3n) is 5.12. The summed E-state index contributed by atoms with van der Waals surface area (Å²) in [5.74, 6) is 1.92. The molecule has 2 heterocycles. The smallest absolute Gasteiger partial charge is 0.232 e. The number of carbonyl (C=O) groups excluding carboxylic acids is 1. The summed E-state index contributed by atoms with van der Waals surface area (Å²) in [4.78, 5) is 20.1. The topological polar surface area (TPSA) is 68.5 Å². The van der Waals surface area contributed by atoms with Gasteiger partial charge in [0.25, 0.3) is 0 Å². The maximum Gasteiger partial charge on any atom is 0.232 e. The van der Waals surface area contributed by atoms with Crippen molar-refractivity contribution < 1.29 is 14.1 Å². The third kappa shape index (κ3) is 4.67. The minimum Gasteiger partial charge on any atom is -0.494 e. The second-order valence-electron chi connectivity index (χ2n) is 7.35. The Morgan fingerprint density at radius 2 is 1.93 bits per heavy atom. The summed E-state index contributed by atoms with van der Waals surface area (Å²) >= 11 is 1.71. The van der Waals surface area contributed by atoms with E-state index in [0.29, 0.717) is 37.8 Å². The molecule has 0 aliphatic carbocycles. The fourth-order valence-electron chi connectivity index (χ4n) is 3.48. The minimum atomic E-state index is -0.0728. The molecule has 3 aromatic rings. The molecule has 1 aromatic heterocycles. The van der Waals surface area contributed by atoms with Gasteiger partial charge in [-0.1, -0.05) is 24.2 Å². The van der Waals surface area contributed by atoms with Crippen molar-refractivity contribution in [2.45, 2.75) is 37.1 Å². The van der Waals surface area contributed by atoms with Crippen LogP contribution in [0.15, 0.2) is 57.9 Å². The van der Waals surface area contributed by atoms with Gasteiger partial charge in [0.15, 0.2) is 0 Å². The van der Waals surface area contributed by atoms with Crippen LogP contribution in [0.4, 0.5) is 0 Å². The Balaban J connectivity index is 1.40. The van der Waals surface area contributed by atoms with Crippen LogP contribution in [0.1, 0.15) is 37.1 Å². The number of rotatable bonds is 8. The molecule has 1 fully saturated rings. The molecule has 4 rings (SSSR count). The standard InChI is InChI=1S/C23H25N3O3S/c1-3-12-28-19-8-6-17(7-9-19)22-24-23(29-25-22)18-13-21(27)26(15-18)14-16-4-10-20(30-2)11-5-16/h4-11,18H,3,12-15H2,1-2H3. The van der Waals surface area contributed by atoms with E-state index in [1.54, 1.807) is 11.8 Å². The van der Waals surface area contributed by atoms with E-state index >= 15 is 0 Å². The summed E-state index contributed by atoms with van der Waals surface area (Å²) in [6, 6.07) is 16.0. The first kappa shape index (κ1) is 20.5. The summed E-state index contributed by atoms with van der Waals surface area (Å²) in [5.41, 5.74) is 1.99. The molecule has 1 atom stereocenters. The van der Waals surface area contributed by atoms with Crippen molar-refractivity contribution in [3.05, 3.63) is 60.0 Å². The Hall–Kier alpha value is -2.80. The van der Waals surface area contributed by atoms with Crippen molar-refractivity contribution in [1.82, 2.24) is 15.0 Å². The van der Waals surface area contributed by atoms with Crippen molar-refractivity contribution in [3.63, 3.8) is 0 Å². The van der Waals surface area contributed by atoms with Crippen LogP contribution in [0.2, 0.25) is 0 Å². The van der Waals surface area contributed by atoms with Crippen LogP contribution in [0.25, 0.3) is 11.4 Å². The maximum atomic E-state index is 12.5. The number of hydrogen-bond acceptors (Lipinski definition) is 6. The number of benzene rings is 2.